The molecule has 0 amide bonds. The second kappa shape index (κ2) is 6.14. The fraction of sp³-hybridized carbons (Fsp3) is 0.200. The Bertz CT molecular complexity index is 734. The number of hydrogen-bond acceptors (Lipinski definition) is 3. The Balaban J connectivity index is 2.57. The van der Waals surface area contributed by atoms with Crippen LogP contribution in [0.15, 0.2) is 42.5 Å². The van der Waals surface area contributed by atoms with Crippen LogP contribution in [-0.2, 0) is 5.67 Å². The number of hydrogen-bond donors (Lipinski definition) is 2. The summed E-state index contributed by atoms with van der Waals surface area (Å²) < 4.78 is 84.1. The van der Waals surface area contributed by atoms with Crippen molar-refractivity contribution in [2.45, 2.75) is 18.3 Å². The minimum Gasteiger partial charge on any atom is -0.455 e. The molecular formula is C15H12F6N2O. The van der Waals surface area contributed by atoms with Gasteiger partial charge in [-0.2, -0.15) is 13.2 Å². The van der Waals surface area contributed by atoms with Gasteiger partial charge in [0, 0.05) is 5.56 Å². The van der Waals surface area contributed by atoms with Crippen molar-refractivity contribution in [3.8, 4) is 11.5 Å². The third-order valence-corrected chi connectivity index (χ3v) is 3.31. The maximum absolute atomic E-state index is 14.3. The average Bonchev–Trinajstić information content (AvgIpc) is 2.50. The summed E-state index contributed by atoms with van der Waals surface area (Å²) in [7, 11) is 0. The summed E-state index contributed by atoms with van der Waals surface area (Å²) in [6, 6.07) is 7.78. The van der Waals surface area contributed by atoms with Crippen LogP contribution in [-0.4, -0.2) is 12.6 Å². The molecule has 0 fully saturated rings. The van der Waals surface area contributed by atoms with E-state index in [1.54, 1.807) is 0 Å². The van der Waals surface area contributed by atoms with Gasteiger partial charge in [-0.25, -0.2) is 13.2 Å². The molecule has 0 radical (unpaired) electrons. The van der Waals surface area contributed by atoms with Gasteiger partial charge in [0.05, 0.1) is 11.4 Å². The number of para-hydroxylation sites is 2. The summed E-state index contributed by atoms with van der Waals surface area (Å²) in [5.74, 6) is -0.920. The van der Waals surface area contributed by atoms with Crippen LogP contribution < -0.4 is 16.2 Å². The molecule has 2 rings (SSSR count). The third kappa shape index (κ3) is 2.93. The first-order valence-electron chi connectivity index (χ1n) is 6.54. The van der Waals surface area contributed by atoms with E-state index in [9.17, 15) is 26.3 Å². The lowest BCUT2D eigenvalue weighted by molar-refractivity contribution is -0.274. The van der Waals surface area contributed by atoms with Gasteiger partial charge in [-0.3, -0.25) is 0 Å². The topological polar surface area (TPSA) is 61.3 Å². The molecule has 4 N–H and O–H groups in total. The number of benzene rings is 2. The highest BCUT2D eigenvalue weighted by atomic mass is 19.4. The van der Waals surface area contributed by atoms with Crippen LogP contribution in [0.4, 0.5) is 37.7 Å². The Morgan fingerprint density at radius 3 is 2.00 bits per heavy atom. The molecule has 3 nitrogen and oxygen atoms in total. The van der Waals surface area contributed by atoms with Crippen molar-refractivity contribution in [3.05, 3.63) is 48.0 Å². The van der Waals surface area contributed by atoms with Crippen molar-refractivity contribution in [1.29, 1.82) is 0 Å². The van der Waals surface area contributed by atoms with E-state index in [4.69, 9.17) is 16.2 Å². The highest BCUT2D eigenvalue weighted by Crippen LogP contribution is 2.50. The second-order valence-electron chi connectivity index (χ2n) is 4.87. The summed E-state index contributed by atoms with van der Waals surface area (Å²) in [5, 5.41) is 0. The Labute approximate surface area is 132 Å². The molecule has 2 aromatic carbocycles. The van der Waals surface area contributed by atoms with Crippen LogP contribution >= 0.6 is 0 Å². The molecule has 0 spiro atoms. The van der Waals surface area contributed by atoms with E-state index >= 15 is 0 Å². The van der Waals surface area contributed by atoms with E-state index in [-0.39, 0.29) is 17.1 Å². The number of nitrogens with two attached hydrogens (primary N) is 2. The highest BCUT2D eigenvalue weighted by Gasteiger charge is 2.65. The van der Waals surface area contributed by atoms with Crippen LogP contribution in [0.2, 0.25) is 0 Å². The first-order valence-corrected chi connectivity index (χ1v) is 6.54. The highest BCUT2D eigenvalue weighted by molar-refractivity contribution is 5.71. The van der Waals surface area contributed by atoms with E-state index in [2.05, 4.69) is 0 Å². The maximum Gasteiger partial charge on any atom is 0.432 e. The molecule has 2 aromatic rings. The Morgan fingerprint density at radius 2 is 1.42 bits per heavy atom. The molecule has 0 aromatic heterocycles. The molecule has 0 heterocycles. The van der Waals surface area contributed by atoms with E-state index in [0.29, 0.717) is 6.07 Å². The van der Waals surface area contributed by atoms with Gasteiger partial charge < -0.3 is 16.2 Å². The van der Waals surface area contributed by atoms with Gasteiger partial charge in [0.1, 0.15) is 5.75 Å². The molecule has 0 saturated carbocycles. The molecular weight excluding hydrogens is 338 g/mol. The van der Waals surface area contributed by atoms with E-state index < -0.39 is 29.6 Å². The van der Waals surface area contributed by atoms with Crippen LogP contribution in [0.5, 0.6) is 11.5 Å². The van der Waals surface area contributed by atoms with Crippen molar-refractivity contribution < 1.29 is 31.1 Å². The summed E-state index contributed by atoms with van der Waals surface area (Å²) >= 11 is 0. The first-order chi connectivity index (χ1) is 11.1. The normalized spacial score (nSPS) is 14.5. The lowest BCUT2D eigenvalue weighted by Gasteiger charge is -2.29. The maximum atomic E-state index is 14.3. The predicted molar refractivity (Wildman–Crippen MR) is 76.6 cm³/mol. The van der Waals surface area contributed by atoms with E-state index in [1.165, 1.54) is 24.3 Å². The van der Waals surface area contributed by atoms with Gasteiger partial charge in [0.25, 0.3) is 12.1 Å². The summed E-state index contributed by atoms with van der Waals surface area (Å²) in [4.78, 5) is 0. The smallest absolute Gasteiger partial charge is 0.432 e. The zero-order valence-electron chi connectivity index (χ0n) is 11.9. The van der Waals surface area contributed by atoms with E-state index in [0.717, 1.165) is 12.1 Å². The van der Waals surface area contributed by atoms with Crippen molar-refractivity contribution in [3.63, 3.8) is 0 Å². The monoisotopic (exact) mass is 350 g/mol. The minimum absolute atomic E-state index is 0.0705. The standard InChI is InChI=1S/C15H12F6N2O/c16-13(17)14(18,15(19,20)21)8-4-1-2-6-10(8)24-11-7-3-5-9(22)12(11)23/h1-7,13H,22-23H2. The quantitative estimate of drug-likeness (QED) is 0.624. The SMILES string of the molecule is Nc1cccc(Oc2ccccc2C(F)(C(F)F)C(F)(F)F)c1N. The van der Waals surface area contributed by atoms with Crippen molar-refractivity contribution in [1.82, 2.24) is 0 Å². The van der Waals surface area contributed by atoms with Gasteiger partial charge in [-0.1, -0.05) is 24.3 Å². The zero-order valence-corrected chi connectivity index (χ0v) is 11.9. The van der Waals surface area contributed by atoms with Crippen molar-refractivity contribution in [2.24, 2.45) is 0 Å². The lowest BCUT2D eigenvalue weighted by atomic mass is 9.94. The predicted octanol–water partition coefficient (Wildman–Crippen LogP) is 4.64. The number of anilines is 2. The van der Waals surface area contributed by atoms with E-state index in [1.807, 2.05) is 0 Å². The van der Waals surface area contributed by atoms with Gasteiger partial charge in [0.15, 0.2) is 5.75 Å². The van der Waals surface area contributed by atoms with Gasteiger partial charge in [-0.15, -0.1) is 0 Å². The third-order valence-electron chi connectivity index (χ3n) is 3.31. The average molecular weight is 350 g/mol. The van der Waals surface area contributed by atoms with Crippen LogP contribution in [0, 0.1) is 0 Å². The Kier molecular flexibility index (Phi) is 4.54. The number of rotatable bonds is 4. The second-order valence-corrected chi connectivity index (χ2v) is 4.87. The summed E-state index contributed by atoms with van der Waals surface area (Å²) in [6.45, 7) is 0. The number of alkyl halides is 6. The molecule has 1 atom stereocenters. The lowest BCUT2D eigenvalue weighted by Crippen LogP contribution is -2.44. The molecule has 24 heavy (non-hydrogen) atoms. The largest absolute Gasteiger partial charge is 0.455 e. The molecule has 130 valence electrons. The van der Waals surface area contributed by atoms with Gasteiger partial charge in [-0.05, 0) is 18.2 Å². The summed E-state index contributed by atoms with van der Waals surface area (Å²) in [6.07, 6.45) is -10.2. The van der Waals surface area contributed by atoms with Gasteiger partial charge >= 0.3 is 6.18 Å². The molecule has 0 aliphatic rings. The molecule has 9 heteroatoms. The fourth-order valence-electron chi connectivity index (χ4n) is 2.02. The molecule has 0 bridgehead atoms. The molecule has 0 aliphatic carbocycles. The molecule has 0 saturated heterocycles. The van der Waals surface area contributed by atoms with Crippen LogP contribution in [0.3, 0.4) is 0 Å². The Hall–Kier alpha value is -2.58. The number of ether oxygens (including phenoxy) is 1. The fourth-order valence-corrected chi connectivity index (χ4v) is 2.02. The Morgan fingerprint density at radius 1 is 0.833 bits per heavy atom. The summed E-state index contributed by atoms with van der Waals surface area (Å²) in [5.41, 5.74) is 4.88. The minimum atomic E-state index is -5.85. The zero-order chi connectivity index (χ0) is 18.1. The number of halogens is 6. The molecule has 1 unspecified atom stereocenters. The van der Waals surface area contributed by atoms with Crippen molar-refractivity contribution >= 4 is 11.4 Å². The van der Waals surface area contributed by atoms with Gasteiger partial charge in [0.2, 0.25) is 0 Å². The van der Waals surface area contributed by atoms with Crippen molar-refractivity contribution in [2.75, 3.05) is 11.5 Å². The first kappa shape index (κ1) is 17.8. The number of nitrogen functional groups attached to an aromatic ring is 2. The van der Waals surface area contributed by atoms with Crippen LogP contribution in [0.25, 0.3) is 0 Å². The molecule has 0 aliphatic heterocycles. The van der Waals surface area contributed by atoms with Crippen LogP contribution in [0.1, 0.15) is 5.56 Å².